The Bertz CT molecular complexity index is 1660. The summed E-state index contributed by atoms with van der Waals surface area (Å²) in [6, 6.07) is 7.24. The van der Waals surface area contributed by atoms with E-state index < -0.39 is 11.3 Å². The van der Waals surface area contributed by atoms with E-state index in [1.54, 1.807) is 31.3 Å². The second-order valence-electron chi connectivity index (χ2n) is 11.6. The topological polar surface area (TPSA) is 155 Å². The minimum atomic E-state index is -1.07. The van der Waals surface area contributed by atoms with Crippen LogP contribution in [0.25, 0.3) is 11.3 Å². The summed E-state index contributed by atoms with van der Waals surface area (Å²) >= 11 is 12.8. The summed E-state index contributed by atoms with van der Waals surface area (Å²) < 4.78 is 11.5. The van der Waals surface area contributed by atoms with Crippen molar-refractivity contribution in [3.63, 3.8) is 0 Å². The van der Waals surface area contributed by atoms with Gasteiger partial charge in [-0.1, -0.05) is 23.2 Å². The third-order valence-corrected chi connectivity index (χ3v) is 9.18. The van der Waals surface area contributed by atoms with Crippen molar-refractivity contribution >= 4 is 46.9 Å². The van der Waals surface area contributed by atoms with Crippen LogP contribution < -0.4 is 26.3 Å². The Balaban J connectivity index is 1.34. The average Bonchev–Trinajstić information content (AvgIpc) is 3.93. The quantitative estimate of drug-likeness (QED) is 0.168. The van der Waals surface area contributed by atoms with Gasteiger partial charge in [-0.05, 0) is 62.8 Å². The molecule has 6 rings (SSSR count). The van der Waals surface area contributed by atoms with Gasteiger partial charge >= 0.3 is 0 Å². The molecule has 3 aromatic rings. The highest BCUT2D eigenvalue weighted by atomic mass is 35.5. The van der Waals surface area contributed by atoms with Crippen LogP contribution in [0.1, 0.15) is 65.7 Å². The molecular weight excluding hydrogens is 591 g/mol. The van der Waals surface area contributed by atoms with E-state index in [4.69, 9.17) is 49.1 Å². The number of ether oxygens (including phenoxy) is 2. The van der Waals surface area contributed by atoms with Crippen molar-refractivity contribution in [2.45, 2.75) is 50.0 Å². The van der Waals surface area contributed by atoms with Crippen LogP contribution in [-0.4, -0.2) is 54.3 Å². The number of methoxy groups -OCH3 is 1. The molecule has 1 aromatic carbocycles. The second kappa shape index (κ2) is 11.3. The zero-order chi connectivity index (χ0) is 30.5. The number of carbonyl (C=O) groups is 2. The molecule has 10 nitrogen and oxygen atoms in total. The van der Waals surface area contributed by atoms with Crippen molar-refractivity contribution < 1.29 is 19.1 Å². The molecule has 2 saturated carbocycles. The maximum Gasteiger partial charge on any atom is 0.251 e. The van der Waals surface area contributed by atoms with Gasteiger partial charge < -0.3 is 26.3 Å². The molecule has 2 amide bonds. The largest absolute Gasteiger partial charge is 0.495 e. The van der Waals surface area contributed by atoms with Crippen LogP contribution in [-0.2, 0) is 10.2 Å². The van der Waals surface area contributed by atoms with E-state index in [9.17, 15) is 9.59 Å². The summed E-state index contributed by atoms with van der Waals surface area (Å²) in [5.74, 6) is 0.200. The van der Waals surface area contributed by atoms with Crippen molar-refractivity contribution in [2.75, 3.05) is 26.0 Å². The van der Waals surface area contributed by atoms with Crippen molar-refractivity contribution in [3.05, 3.63) is 63.0 Å². The number of hydrogen-bond donors (Lipinski definition) is 3. The van der Waals surface area contributed by atoms with Crippen LogP contribution >= 0.6 is 23.2 Å². The lowest BCUT2D eigenvalue weighted by Crippen LogP contribution is -2.40. The van der Waals surface area contributed by atoms with Gasteiger partial charge in [0.05, 0.1) is 23.9 Å². The number of nitrogen functional groups attached to an aromatic ring is 1. The van der Waals surface area contributed by atoms with Gasteiger partial charge in [-0.2, -0.15) is 0 Å². The van der Waals surface area contributed by atoms with Gasteiger partial charge in [0.15, 0.2) is 0 Å². The number of fused-ring (bicyclic) bond motifs is 1. The van der Waals surface area contributed by atoms with Crippen LogP contribution in [0.2, 0.25) is 10.2 Å². The van der Waals surface area contributed by atoms with E-state index in [1.807, 2.05) is 6.07 Å². The Morgan fingerprint density at radius 3 is 2.70 bits per heavy atom. The molecule has 3 aliphatic rings. The third kappa shape index (κ3) is 5.61. The second-order valence-corrected chi connectivity index (χ2v) is 12.3. The molecule has 0 bridgehead atoms. The smallest absolute Gasteiger partial charge is 0.251 e. The van der Waals surface area contributed by atoms with Gasteiger partial charge in [-0.25, -0.2) is 9.97 Å². The SMILES string of the molecule is COc1cc(C(=O)NC[C@H](c2cc3c(c(-c4ccnc(Cl)c4Cl)n2)OC[C@]3(C)C(N)=O)C2CC2)cc(C=NC2CC2)c1N. The Kier molecular flexibility index (Phi) is 7.68. The standard InChI is InChI=1S/C31H32Cl2N6O4/c1-31(30(35)41)14-43-27-21(31)11-22(39-26(27)19-7-8-36-28(33)24(19)32)20(15-3-4-15)13-38-29(40)16-9-17(12-37-18-5-6-18)25(34)23(10-16)42-2/h7-12,15,18,20H,3-6,13-14,34H2,1-2H3,(H2,35,41)(H,38,40)/t20-,31-/m0/s1. The number of amides is 2. The molecule has 0 saturated heterocycles. The number of rotatable bonds is 10. The Hall–Kier alpha value is -3.89. The molecule has 43 heavy (non-hydrogen) atoms. The molecule has 2 aliphatic carbocycles. The minimum Gasteiger partial charge on any atom is -0.495 e. The first-order chi connectivity index (χ1) is 20.6. The molecule has 0 unspecified atom stereocenters. The number of nitrogens with two attached hydrogens (primary N) is 2. The van der Waals surface area contributed by atoms with Gasteiger partial charge in [0.25, 0.3) is 5.91 Å². The highest BCUT2D eigenvalue weighted by Crippen LogP contribution is 2.49. The number of benzene rings is 1. The van der Waals surface area contributed by atoms with E-state index in [0.717, 1.165) is 25.7 Å². The summed E-state index contributed by atoms with van der Waals surface area (Å²) in [6.45, 7) is 2.14. The van der Waals surface area contributed by atoms with E-state index in [1.165, 1.54) is 13.3 Å². The number of aromatic nitrogens is 2. The summed E-state index contributed by atoms with van der Waals surface area (Å²) in [5, 5.41) is 3.44. The fraction of sp³-hybridized carbons (Fsp3) is 0.387. The molecule has 2 aromatic heterocycles. The number of pyridine rings is 2. The highest BCUT2D eigenvalue weighted by molar-refractivity contribution is 6.43. The summed E-state index contributed by atoms with van der Waals surface area (Å²) in [5.41, 5.74) is 14.8. The predicted molar refractivity (Wildman–Crippen MR) is 165 cm³/mol. The van der Waals surface area contributed by atoms with Crippen LogP contribution in [0.3, 0.4) is 0 Å². The summed E-state index contributed by atoms with van der Waals surface area (Å²) in [7, 11) is 1.52. The van der Waals surface area contributed by atoms with E-state index >= 15 is 0 Å². The van der Waals surface area contributed by atoms with E-state index in [0.29, 0.717) is 69.3 Å². The van der Waals surface area contributed by atoms with Crippen molar-refractivity contribution in [1.82, 2.24) is 15.3 Å². The van der Waals surface area contributed by atoms with Crippen molar-refractivity contribution in [2.24, 2.45) is 16.6 Å². The molecule has 12 heteroatoms. The number of primary amides is 1. The highest BCUT2D eigenvalue weighted by Gasteiger charge is 2.45. The lowest BCUT2D eigenvalue weighted by atomic mass is 9.82. The van der Waals surface area contributed by atoms with E-state index in [-0.39, 0.29) is 28.6 Å². The normalized spacial score (nSPS) is 20.0. The minimum absolute atomic E-state index is 0.0718. The molecule has 0 spiro atoms. The number of carbonyl (C=O) groups excluding carboxylic acids is 2. The molecule has 0 radical (unpaired) electrons. The first-order valence-corrected chi connectivity index (χ1v) is 14.9. The average molecular weight is 624 g/mol. The summed E-state index contributed by atoms with van der Waals surface area (Å²) in [6.07, 6.45) is 7.33. The van der Waals surface area contributed by atoms with Crippen molar-refractivity contribution in [3.8, 4) is 22.8 Å². The maximum absolute atomic E-state index is 13.5. The van der Waals surface area contributed by atoms with Gasteiger partial charge in [0, 0.05) is 52.8 Å². The van der Waals surface area contributed by atoms with Crippen LogP contribution in [0, 0.1) is 5.92 Å². The molecule has 5 N–H and O–H groups in total. The van der Waals surface area contributed by atoms with Crippen LogP contribution in [0.5, 0.6) is 11.5 Å². The lowest BCUT2D eigenvalue weighted by molar-refractivity contribution is -0.123. The Morgan fingerprint density at radius 2 is 2.02 bits per heavy atom. The monoisotopic (exact) mass is 622 g/mol. The van der Waals surface area contributed by atoms with E-state index in [2.05, 4.69) is 15.3 Å². The van der Waals surface area contributed by atoms with Gasteiger partial charge in [0.1, 0.15) is 34.4 Å². The fourth-order valence-corrected chi connectivity index (χ4v) is 5.72. The van der Waals surface area contributed by atoms with Gasteiger partial charge in [-0.3, -0.25) is 14.6 Å². The molecule has 3 heterocycles. The zero-order valence-electron chi connectivity index (χ0n) is 23.8. The first kappa shape index (κ1) is 29.2. The third-order valence-electron chi connectivity index (χ3n) is 8.42. The number of hydrogen-bond acceptors (Lipinski definition) is 8. The fourth-order valence-electron chi connectivity index (χ4n) is 5.36. The number of nitrogens with zero attached hydrogens (tertiary/aromatic N) is 3. The molecule has 2 fully saturated rings. The van der Waals surface area contributed by atoms with Gasteiger partial charge in [0.2, 0.25) is 5.91 Å². The van der Waals surface area contributed by atoms with Crippen LogP contribution in [0.15, 0.2) is 35.5 Å². The molecule has 224 valence electrons. The molecular formula is C31H32Cl2N6O4. The van der Waals surface area contributed by atoms with Crippen molar-refractivity contribution in [1.29, 1.82) is 0 Å². The Labute approximate surface area is 259 Å². The number of nitrogens with one attached hydrogen (secondary N) is 1. The van der Waals surface area contributed by atoms with Gasteiger partial charge in [-0.15, -0.1) is 0 Å². The molecule has 2 atom stereocenters. The maximum atomic E-state index is 13.5. The lowest BCUT2D eigenvalue weighted by Gasteiger charge is -2.22. The number of anilines is 1. The zero-order valence-corrected chi connectivity index (χ0v) is 25.3. The number of halogens is 2. The Morgan fingerprint density at radius 1 is 1.26 bits per heavy atom. The predicted octanol–water partition coefficient (Wildman–Crippen LogP) is 4.68. The first-order valence-electron chi connectivity index (χ1n) is 14.2. The summed E-state index contributed by atoms with van der Waals surface area (Å²) in [4.78, 5) is 39.7. The van der Waals surface area contributed by atoms with Crippen LogP contribution in [0.4, 0.5) is 5.69 Å². The number of aliphatic imine (C=N–C) groups is 1. The molecule has 1 aliphatic heterocycles.